The summed E-state index contributed by atoms with van der Waals surface area (Å²) in [4.78, 5) is 12.6. The van der Waals surface area contributed by atoms with Crippen LogP contribution in [0.25, 0.3) is 27.3 Å². The lowest BCUT2D eigenvalue weighted by Gasteiger charge is -2.25. The number of allylic oxidation sites excluding steroid dienone is 1. The zero-order valence-corrected chi connectivity index (χ0v) is 17.7. The van der Waals surface area contributed by atoms with E-state index in [1.807, 2.05) is 0 Å². The van der Waals surface area contributed by atoms with Gasteiger partial charge >= 0.3 is 5.76 Å². The normalized spacial score (nSPS) is 16.3. The maximum absolute atomic E-state index is 13.7. The van der Waals surface area contributed by atoms with Crippen LogP contribution in [0.15, 0.2) is 45.3 Å². The van der Waals surface area contributed by atoms with Crippen molar-refractivity contribution in [2.45, 2.75) is 13.0 Å². The van der Waals surface area contributed by atoms with Gasteiger partial charge in [-0.15, -0.1) is 11.3 Å². The molecule has 0 bridgehead atoms. The van der Waals surface area contributed by atoms with Crippen molar-refractivity contribution in [3.05, 3.63) is 73.5 Å². The van der Waals surface area contributed by atoms with Crippen LogP contribution in [0.3, 0.4) is 0 Å². The van der Waals surface area contributed by atoms with Crippen molar-refractivity contribution in [1.82, 2.24) is 4.73 Å². The van der Waals surface area contributed by atoms with Crippen LogP contribution in [0.1, 0.15) is 29.0 Å². The molecule has 1 unspecified atom stereocenters. The molecule has 1 aliphatic rings. The van der Waals surface area contributed by atoms with E-state index in [4.69, 9.17) is 20.8 Å². The van der Waals surface area contributed by atoms with E-state index < -0.39 is 27.9 Å². The first-order valence-electron chi connectivity index (χ1n) is 8.63. The van der Waals surface area contributed by atoms with Crippen molar-refractivity contribution in [3.8, 4) is 0 Å². The van der Waals surface area contributed by atoms with E-state index in [1.165, 1.54) is 35.6 Å². The Hall–Kier alpha value is -2.60. The second kappa shape index (κ2) is 6.95. The van der Waals surface area contributed by atoms with Gasteiger partial charge in [-0.05, 0) is 48.9 Å². The van der Waals surface area contributed by atoms with E-state index in [-0.39, 0.29) is 15.8 Å². The van der Waals surface area contributed by atoms with Crippen molar-refractivity contribution < 1.29 is 42.2 Å². The van der Waals surface area contributed by atoms with Gasteiger partial charge < -0.3 is 9.15 Å². The van der Waals surface area contributed by atoms with Gasteiger partial charge in [0.15, 0.2) is 21.9 Å². The maximum atomic E-state index is 13.7. The average Bonchev–Trinajstić information content (AvgIpc) is 3.15. The van der Waals surface area contributed by atoms with Crippen molar-refractivity contribution in [2.24, 2.45) is 0 Å². The Morgan fingerprint density at radius 2 is 2.03 bits per heavy atom. The summed E-state index contributed by atoms with van der Waals surface area (Å²) in [6.45, 7) is 1.71. The third-order valence-electron chi connectivity index (χ3n) is 4.70. The topological polar surface area (TPSA) is 123 Å². The second-order valence-corrected chi connectivity index (χ2v) is 9.09. The third-order valence-corrected chi connectivity index (χ3v) is 6.72. The molecule has 0 aliphatic carbocycles. The standard InChI is InChI=1S/C19H10Cl2FNO7S/c1-8-4-9-5-13-14(29-19(24)23(13)30-21(25,26)27)7-12(9)17(28-8)18-16(20)11-3-2-10(22)6-15(11)31-18/h2-7,17H,1H3. The van der Waals surface area contributed by atoms with E-state index in [0.29, 0.717) is 36.9 Å². The van der Waals surface area contributed by atoms with E-state index >= 15 is 0 Å². The van der Waals surface area contributed by atoms with Crippen LogP contribution in [0.5, 0.6) is 0 Å². The molecule has 2 aromatic carbocycles. The number of rotatable bonds is 3. The van der Waals surface area contributed by atoms with E-state index in [9.17, 15) is 23.2 Å². The molecule has 2 aromatic heterocycles. The molecule has 160 valence electrons. The quantitative estimate of drug-likeness (QED) is 0.429. The van der Waals surface area contributed by atoms with Crippen LogP contribution in [0.2, 0.25) is 5.02 Å². The van der Waals surface area contributed by atoms with Gasteiger partial charge in [0.1, 0.15) is 11.3 Å². The molecule has 31 heavy (non-hydrogen) atoms. The monoisotopic (exact) mass is 485 g/mol. The predicted octanol–water partition coefficient (Wildman–Crippen LogP) is 1.41. The molecule has 4 aromatic rings. The third kappa shape index (κ3) is 3.47. The van der Waals surface area contributed by atoms with Gasteiger partial charge in [0.2, 0.25) is 0 Å². The minimum atomic E-state index is -4.91. The van der Waals surface area contributed by atoms with Crippen molar-refractivity contribution in [1.29, 1.82) is 0 Å². The number of benzene rings is 2. The highest BCUT2D eigenvalue weighted by molar-refractivity contribution is 7.19. The fourth-order valence-corrected chi connectivity index (χ4v) is 5.41. The number of thiophene rings is 1. The minimum Gasteiger partial charge on any atom is -0.485 e. The number of oxazole rings is 1. The zero-order valence-electron chi connectivity index (χ0n) is 15.4. The highest BCUT2D eigenvalue weighted by Gasteiger charge is 2.31. The van der Waals surface area contributed by atoms with Gasteiger partial charge in [0.05, 0.1) is 20.0 Å². The van der Waals surface area contributed by atoms with Crippen LogP contribution in [-0.2, 0) is 4.74 Å². The number of nitrogens with zero attached hydrogens (tertiary/aromatic N) is 1. The SMILES string of the molecule is CC1=Cc2cc3c(cc2C(c2sc4cc(F)ccc4c2Cl)O1)oc(=O)n3O[Cl+3]([O-])([O-])[O-]. The molecule has 1 aliphatic heterocycles. The van der Waals surface area contributed by atoms with E-state index in [1.54, 1.807) is 19.1 Å². The molecule has 0 saturated heterocycles. The van der Waals surface area contributed by atoms with Gasteiger partial charge in [-0.1, -0.05) is 11.6 Å². The lowest BCUT2D eigenvalue weighted by atomic mass is 9.97. The summed E-state index contributed by atoms with van der Waals surface area (Å²) in [6.07, 6.45) is 0.977. The Morgan fingerprint density at radius 3 is 2.77 bits per heavy atom. The number of halogens is 3. The smallest absolute Gasteiger partial charge is 0.465 e. The summed E-state index contributed by atoms with van der Waals surface area (Å²) < 4.78 is 62.6. The highest BCUT2D eigenvalue weighted by Crippen LogP contribution is 2.46. The summed E-state index contributed by atoms with van der Waals surface area (Å²) in [6, 6.07) is 7.20. The molecule has 0 radical (unpaired) electrons. The maximum Gasteiger partial charge on any atom is 0.465 e. The summed E-state index contributed by atoms with van der Waals surface area (Å²) in [5.74, 6) is -1.06. The Morgan fingerprint density at radius 1 is 1.26 bits per heavy atom. The molecule has 0 saturated carbocycles. The van der Waals surface area contributed by atoms with Crippen LogP contribution in [0.4, 0.5) is 4.39 Å². The van der Waals surface area contributed by atoms with Gasteiger partial charge in [-0.3, -0.25) is 0 Å². The van der Waals surface area contributed by atoms with Gasteiger partial charge in [-0.25, -0.2) is 9.18 Å². The minimum absolute atomic E-state index is 0.0209. The summed E-state index contributed by atoms with van der Waals surface area (Å²) >= 11 is 7.83. The number of aromatic nitrogens is 1. The lowest BCUT2D eigenvalue weighted by Crippen LogP contribution is -2.66. The molecule has 8 nitrogen and oxygen atoms in total. The molecular formula is C19H10Cl2FNO7S. The second-order valence-electron chi connectivity index (χ2n) is 6.73. The first-order chi connectivity index (χ1) is 14.6. The van der Waals surface area contributed by atoms with Crippen LogP contribution >= 0.6 is 22.9 Å². The van der Waals surface area contributed by atoms with E-state index in [2.05, 4.69) is 4.39 Å². The van der Waals surface area contributed by atoms with Crippen molar-refractivity contribution in [3.63, 3.8) is 0 Å². The van der Waals surface area contributed by atoms with Crippen molar-refractivity contribution >= 4 is 50.2 Å². The lowest BCUT2D eigenvalue weighted by molar-refractivity contribution is -1.92. The summed E-state index contributed by atoms with van der Waals surface area (Å²) in [5.41, 5.74) is 1.08. The average molecular weight is 486 g/mol. The number of fused-ring (bicyclic) bond motifs is 3. The number of hydrogen-bond acceptors (Lipinski definition) is 8. The summed E-state index contributed by atoms with van der Waals surface area (Å²) in [7, 11) is -4.91. The fourth-order valence-electron chi connectivity index (χ4n) is 3.50. The molecule has 0 fully saturated rings. The van der Waals surface area contributed by atoms with E-state index in [0.717, 1.165) is 0 Å². The largest absolute Gasteiger partial charge is 0.485 e. The van der Waals surface area contributed by atoms with Crippen LogP contribution in [-0.4, -0.2) is 4.73 Å². The van der Waals surface area contributed by atoms with Gasteiger partial charge in [0, 0.05) is 20.4 Å². The highest BCUT2D eigenvalue weighted by atomic mass is 35.7. The molecule has 12 heteroatoms. The molecule has 0 spiro atoms. The molecule has 1 atom stereocenters. The molecule has 0 amide bonds. The van der Waals surface area contributed by atoms with Crippen molar-refractivity contribution in [2.75, 3.05) is 0 Å². The fraction of sp³-hybridized carbons (Fsp3) is 0.105. The van der Waals surface area contributed by atoms with Crippen LogP contribution < -0.4 is 24.1 Å². The Kier molecular flexibility index (Phi) is 4.56. The first kappa shape index (κ1) is 20.3. The predicted molar refractivity (Wildman–Crippen MR) is 100 cm³/mol. The van der Waals surface area contributed by atoms with Crippen LogP contribution in [0, 0.1) is 16.1 Å². The Balaban J connectivity index is 1.70. The van der Waals surface area contributed by atoms with Gasteiger partial charge in [-0.2, -0.15) is 14.0 Å². The Labute approximate surface area is 183 Å². The zero-order chi connectivity index (χ0) is 22.1. The van der Waals surface area contributed by atoms with Gasteiger partial charge in [0.25, 0.3) is 0 Å². The number of ether oxygens (including phenoxy) is 1. The molecule has 0 N–H and O–H groups in total. The molecule has 5 rings (SSSR count). The summed E-state index contributed by atoms with van der Waals surface area (Å²) in [5, 5.41) is 1.08. The first-order valence-corrected chi connectivity index (χ1v) is 11.1. The molecule has 3 heterocycles. The Bertz CT molecular complexity index is 1450. The number of hydrogen-bond donors (Lipinski definition) is 0. The molecular weight excluding hydrogens is 476 g/mol.